The zero-order valence-electron chi connectivity index (χ0n) is 12.2. The summed E-state index contributed by atoms with van der Waals surface area (Å²) >= 11 is 0. The van der Waals surface area contributed by atoms with E-state index in [9.17, 15) is 9.59 Å². The molecule has 22 heavy (non-hydrogen) atoms. The van der Waals surface area contributed by atoms with Gasteiger partial charge in [-0.2, -0.15) is 0 Å². The third-order valence-electron chi connectivity index (χ3n) is 2.88. The maximum Gasteiger partial charge on any atom is 0.343 e. The summed E-state index contributed by atoms with van der Waals surface area (Å²) in [7, 11) is 1.29. The van der Waals surface area contributed by atoms with Gasteiger partial charge in [0.1, 0.15) is 11.5 Å². The zero-order valence-corrected chi connectivity index (χ0v) is 12.2. The molecule has 0 aliphatic rings. The van der Waals surface area contributed by atoms with Gasteiger partial charge in [0.25, 0.3) is 0 Å². The van der Waals surface area contributed by atoms with Crippen molar-refractivity contribution >= 4 is 17.6 Å². The second kappa shape index (κ2) is 7.87. The molecule has 1 amide bonds. The van der Waals surface area contributed by atoms with Gasteiger partial charge in [-0.15, -0.1) is 0 Å². The third-order valence-corrected chi connectivity index (χ3v) is 2.88. The van der Waals surface area contributed by atoms with Gasteiger partial charge in [-0.05, 0) is 24.3 Å². The Balaban J connectivity index is 1.84. The Hall–Kier alpha value is -2.76. The average molecular weight is 303 g/mol. The fourth-order valence-electron chi connectivity index (χ4n) is 1.78. The molecule has 6 nitrogen and oxygen atoms in total. The molecule has 0 radical (unpaired) electrons. The van der Waals surface area contributed by atoms with Crippen LogP contribution in [0.3, 0.4) is 0 Å². The Morgan fingerprint density at radius 3 is 2.82 bits per heavy atom. The molecular weight excluding hydrogens is 286 g/mol. The lowest BCUT2D eigenvalue weighted by atomic mass is 10.2. The van der Waals surface area contributed by atoms with E-state index in [-0.39, 0.29) is 12.5 Å². The summed E-state index contributed by atoms with van der Waals surface area (Å²) in [5.74, 6) is 0.661. The van der Waals surface area contributed by atoms with Crippen LogP contribution >= 0.6 is 0 Å². The number of amides is 1. The molecule has 1 N–H and O–H groups in total. The van der Waals surface area contributed by atoms with Gasteiger partial charge in [-0.1, -0.05) is 6.07 Å². The molecule has 0 spiro atoms. The summed E-state index contributed by atoms with van der Waals surface area (Å²) < 4.78 is 14.9. The SMILES string of the molecule is COC(=O)COc1cccc(NC(=O)CCc2ccco2)c1. The molecule has 1 aromatic heterocycles. The van der Waals surface area contributed by atoms with Crippen molar-refractivity contribution < 1.29 is 23.5 Å². The van der Waals surface area contributed by atoms with Gasteiger partial charge in [0.15, 0.2) is 6.61 Å². The first-order chi connectivity index (χ1) is 10.7. The minimum absolute atomic E-state index is 0.124. The topological polar surface area (TPSA) is 77.8 Å². The van der Waals surface area contributed by atoms with Gasteiger partial charge in [0.05, 0.1) is 13.4 Å². The van der Waals surface area contributed by atoms with E-state index in [1.807, 2.05) is 6.07 Å². The highest BCUT2D eigenvalue weighted by atomic mass is 16.6. The van der Waals surface area contributed by atoms with Gasteiger partial charge < -0.3 is 19.2 Å². The predicted octanol–water partition coefficient (Wildman–Crippen LogP) is 2.40. The number of ether oxygens (including phenoxy) is 2. The molecule has 0 saturated heterocycles. The second-order valence-electron chi connectivity index (χ2n) is 4.52. The number of hydrogen-bond donors (Lipinski definition) is 1. The first-order valence-corrected chi connectivity index (χ1v) is 6.79. The van der Waals surface area contributed by atoms with Crippen molar-refractivity contribution in [3.05, 3.63) is 48.4 Å². The molecule has 0 fully saturated rings. The first-order valence-electron chi connectivity index (χ1n) is 6.79. The molecule has 1 heterocycles. The number of nitrogens with one attached hydrogen (secondary N) is 1. The van der Waals surface area contributed by atoms with E-state index in [1.54, 1.807) is 36.6 Å². The van der Waals surface area contributed by atoms with Crippen LogP contribution in [0.1, 0.15) is 12.2 Å². The normalized spacial score (nSPS) is 10.0. The fraction of sp³-hybridized carbons (Fsp3) is 0.250. The van der Waals surface area contributed by atoms with E-state index in [0.717, 1.165) is 5.76 Å². The van der Waals surface area contributed by atoms with Crippen LogP contribution in [0.15, 0.2) is 47.1 Å². The van der Waals surface area contributed by atoms with Crippen molar-refractivity contribution in [2.45, 2.75) is 12.8 Å². The van der Waals surface area contributed by atoms with Crippen LogP contribution in [0.4, 0.5) is 5.69 Å². The summed E-state index contributed by atoms with van der Waals surface area (Å²) in [6.45, 7) is -0.174. The molecule has 0 saturated carbocycles. The summed E-state index contributed by atoms with van der Waals surface area (Å²) in [6, 6.07) is 10.4. The highest BCUT2D eigenvalue weighted by Crippen LogP contribution is 2.17. The zero-order chi connectivity index (χ0) is 15.8. The quantitative estimate of drug-likeness (QED) is 0.795. The van der Waals surface area contributed by atoms with E-state index in [1.165, 1.54) is 7.11 Å². The van der Waals surface area contributed by atoms with E-state index in [2.05, 4.69) is 10.1 Å². The van der Waals surface area contributed by atoms with E-state index >= 15 is 0 Å². The molecule has 0 unspecified atom stereocenters. The molecule has 6 heteroatoms. The van der Waals surface area contributed by atoms with E-state index in [0.29, 0.717) is 24.3 Å². The number of carbonyl (C=O) groups excluding carboxylic acids is 2. The lowest BCUT2D eigenvalue weighted by Gasteiger charge is -2.08. The largest absolute Gasteiger partial charge is 0.482 e. The monoisotopic (exact) mass is 303 g/mol. The number of hydrogen-bond acceptors (Lipinski definition) is 5. The van der Waals surface area contributed by atoms with Crippen LogP contribution in [0.5, 0.6) is 5.75 Å². The summed E-state index contributed by atoms with van der Waals surface area (Å²) in [6.07, 6.45) is 2.44. The van der Waals surface area contributed by atoms with Crippen LogP contribution in [-0.2, 0) is 20.7 Å². The molecule has 0 atom stereocenters. The Bertz CT molecular complexity index is 621. The van der Waals surface area contributed by atoms with Crippen LogP contribution < -0.4 is 10.1 Å². The number of esters is 1. The van der Waals surface area contributed by atoms with E-state index in [4.69, 9.17) is 9.15 Å². The number of furan rings is 1. The lowest BCUT2D eigenvalue weighted by molar-refractivity contribution is -0.142. The van der Waals surface area contributed by atoms with Gasteiger partial charge in [-0.25, -0.2) is 4.79 Å². The molecule has 2 rings (SSSR count). The van der Waals surface area contributed by atoms with Crippen molar-refractivity contribution in [1.82, 2.24) is 0 Å². The number of benzene rings is 1. The Morgan fingerprint density at radius 1 is 1.23 bits per heavy atom. The number of anilines is 1. The lowest BCUT2D eigenvalue weighted by Crippen LogP contribution is -2.14. The smallest absolute Gasteiger partial charge is 0.343 e. The second-order valence-corrected chi connectivity index (χ2v) is 4.52. The number of methoxy groups -OCH3 is 1. The minimum Gasteiger partial charge on any atom is -0.482 e. The standard InChI is InChI=1S/C16H17NO5/c1-20-16(19)11-22-14-5-2-4-12(10-14)17-15(18)8-7-13-6-3-9-21-13/h2-6,9-10H,7-8,11H2,1H3,(H,17,18). The van der Waals surface area contributed by atoms with E-state index < -0.39 is 5.97 Å². The predicted molar refractivity (Wildman–Crippen MR) is 79.6 cm³/mol. The van der Waals surface area contributed by atoms with Gasteiger partial charge >= 0.3 is 5.97 Å². The van der Waals surface area contributed by atoms with Crippen LogP contribution in [0.25, 0.3) is 0 Å². The number of carbonyl (C=O) groups is 2. The van der Waals surface area contributed by atoms with Crippen molar-refractivity contribution in [2.24, 2.45) is 0 Å². The van der Waals surface area contributed by atoms with Crippen LogP contribution in [0, 0.1) is 0 Å². The summed E-state index contributed by atoms with van der Waals surface area (Å²) in [5.41, 5.74) is 0.604. The molecule has 2 aromatic rings. The molecule has 116 valence electrons. The molecular formula is C16H17NO5. The maximum atomic E-state index is 11.9. The first kappa shape index (κ1) is 15.6. The van der Waals surface area contributed by atoms with Gasteiger partial charge in [0.2, 0.25) is 5.91 Å². The maximum absolute atomic E-state index is 11.9. The Labute approximate surface area is 128 Å². The van der Waals surface area contributed by atoms with Crippen molar-refractivity contribution in [1.29, 1.82) is 0 Å². The number of rotatable bonds is 7. The average Bonchev–Trinajstić information content (AvgIpc) is 3.04. The number of aryl methyl sites for hydroxylation is 1. The molecule has 1 aromatic carbocycles. The fourth-order valence-corrected chi connectivity index (χ4v) is 1.78. The summed E-state index contributed by atoms with van der Waals surface area (Å²) in [4.78, 5) is 22.9. The molecule has 0 aliphatic heterocycles. The third kappa shape index (κ3) is 4.97. The minimum atomic E-state index is -0.465. The van der Waals surface area contributed by atoms with Crippen molar-refractivity contribution in [3.63, 3.8) is 0 Å². The molecule has 0 aliphatic carbocycles. The van der Waals surface area contributed by atoms with Crippen molar-refractivity contribution in [3.8, 4) is 5.75 Å². The van der Waals surface area contributed by atoms with Crippen LogP contribution in [-0.4, -0.2) is 25.6 Å². The highest BCUT2D eigenvalue weighted by molar-refractivity contribution is 5.91. The van der Waals surface area contributed by atoms with Gasteiger partial charge in [-0.3, -0.25) is 4.79 Å². The summed E-state index contributed by atoms with van der Waals surface area (Å²) in [5, 5.41) is 2.77. The Morgan fingerprint density at radius 2 is 2.09 bits per heavy atom. The molecule has 0 bridgehead atoms. The van der Waals surface area contributed by atoms with Gasteiger partial charge in [0, 0.05) is 24.6 Å². The van der Waals surface area contributed by atoms with Crippen molar-refractivity contribution in [2.75, 3.05) is 19.0 Å². The Kier molecular flexibility index (Phi) is 5.59. The highest BCUT2D eigenvalue weighted by Gasteiger charge is 2.06. The van der Waals surface area contributed by atoms with Crippen LogP contribution in [0.2, 0.25) is 0 Å².